The molecule has 0 aromatic heterocycles. The molecule has 2 bridgehead atoms. The number of carbonyl (C=O) groups excluding carboxylic acids is 2. The van der Waals surface area contributed by atoms with Crippen LogP contribution in [0.4, 0.5) is 4.79 Å². The molecule has 5 heteroatoms. The summed E-state index contributed by atoms with van der Waals surface area (Å²) < 4.78 is 11.4. The van der Waals surface area contributed by atoms with E-state index in [1.165, 1.54) is 4.90 Å². The van der Waals surface area contributed by atoms with E-state index in [0.29, 0.717) is 6.42 Å². The zero-order valence-electron chi connectivity index (χ0n) is 12.4. The first-order chi connectivity index (χ1) is 9.28. The van der Waals surface area contributed by atoms with Crippen LogP contribution in [0.25, 0.3) is 0 Å². The van der Waals surface area contributed by atoms with Crippen molar-refractivity contribution < 1.29 is 19.1 Å². The van der Waals surface area contributed by atoms with Gasteiger partial charge in [0.15, 0.2) is 5.72 Å². The van der Waals surface area contributed by atoms with E-state index >= 15 is 0 Å². The smallest absolute Gasteiger partial charge is 0.419 e. The van der Waals surface area contributed by atoms with E-state index < -0.39 is 17.4 Å². The summed E-state index contributed by atoms with van der Waals surface area (Å²) in [5, 5.41) is 0. The quantitative estimate of drug-likeness (QED) is 0.692. The summed E-state index contributed by atoms with van der Waals surface area (Å²) in [7, 11) is 0. The molecule has 3 aliphatic heterocycles. The maximum atomic E-state index is 12.4. The lowest BCUT2D eigenvalue weighted by Crippen LogP contribution is -2.53. The van der Waals surface area contributed by atoms with Crippen LogP contribution in [0.5, 0.6) is 0 Å². The van der Waals surface area contributed by atoms with Crippen molar-refractivity contribution in [1.82, 2.24) is 4.90 Å². The number of hydrogen-bond acceptors (Lipinski definition) is 4. The lowest BCUT2D eigenvalue weighted by Gasteiger charge is -2.36. The highest BCUT2D eigenvalue weighted by Crippen LogP contribution is 2.56. The van der Waals surface area contributed by atoms with Crippen LogP contribution in [0.3, 0.4) is 0 Å². The first-order valence-electron chi connectivity index (χ1n) is 7.23. The van der Waals surface area contributed by atoms with Gasteiger partial charge in [-0.15, -0.1) is 0 Å². The summed E-state index contributed by atoms with van der Waals surface area (Å²) in [6, 6.07) is 0. The van der Waals surface area contributed by atoms with Crippen molar-refractivity contribution in [2.45, 2.75) is 64.4 Å². The van der Waals surface area contributed by atoms with Crippen LogP contribution in [0.2, 0.25) is 0 Å². The fraction of sp³-hybridized carbons (Fsp3) is 0.733. The number of amides is 2. The van der Waals surface area contributed by atoms with Gasteiger partial charge in [-0.3, -0.25) is 4.79 Å². The molecule has 0 radical (unpaired) electrons. The molecule has 2 saturated heterocycles. The van der Waals surface area contributed by atoms with Crippen LogP contribution in [0.1, 0.15) is 47.0 Å². The molecule has 2 amide bonds. The number of carbonyl (C=O) groups is 2. The summed E-state index contributed by atoms with van der Waals surface area (Å²) >= 11 is 0. The van der Waals surface area contributed by atoms with Crippen LogP contribution in [0.15, 0.2) is 11.6 Å². The molecule has 1 spiro atoms. The Kier molecular flexibility index (Phi) is 2.77. The predicted molar refractivity (Wildman–Crippen MR) is 71.8 cm³/mol. The summed E-state index contributed by atoms with van der Waals surface area (Å²) in [5.41, 5.74) is -0.451. The minimum absolute atomic E-state index is 0.0352. The Bertz CT molecular complexity index is 504. The third-order valence-corrected chi connectivity index (χ3v) is 4.21. The monoisotopic (exact) mass is 279 g/mol. The second kappa shape index (κ2) is 4.07. The molecule has 0 N–H and O–H groups in total. The van der Waals surface area contributed by atoms with Gasteiger partial charge in [0.1, 0.15) is 5.60 Å². The minimum atomic E-state index is -0.862. The van der Waals surface area contributed by atoms with E-state index in [1.54, 1.807) is 20.8 Å². The van der Waals surface area contributed by atoms with E-state index in [-0.39, 0.29) is 17.9 Å². The van der Waals surface area contributed by atoms with E-state index in [2.05, 4.69) is 6.08 Å². The Morgan fingerprint density at radius 2 is 2.25 bits per heavy atom. The van der Waals surface area contributed by atoms with Crippen LogP contribution in [0, 0.1) is 5.92 Å². The van der Waals surface area contributed by atoms with Crippen molar-refractivity contribution in [3.63, 3.8) is 0 Å². The van der Waals surface area contributed by atoms with Crippen molar-refractivity contribution in [1.29, 1.82) is 0 Å². The molecule has 0 saturated carbocycles. The van der Waals surface area contributed by atoms with Crippen LogP contribution >= 0.6 is 0 Å². The number of rotatable bonds is 1. The second-order valence-corrected chi connectivity index (χ2v) is 6.74. The number of ether oxygens (including phenoxy) is 2. The number of likely N-dealkylation sites (tertiary alicyclic amines) is 1. The topological polar surface area (TPSA) is 55.8 Å². The van der Waals surface area contributed by atoms with Crippen LogP contribution in [-0.4, -0.2) is 34.3 Å². The van der Waals surface area contributed by atoms with Crippen molar-refractivity contribution in [2.24, 2.45) is 5.92 Å². The highest BCUT2D eigenvalue weighted by atomic mass is 16.6. The molecule has 3 rings (SSSR count). The molecular weight excluding hydrogens is 258 g/mol. The van der Waals surface area contributed by atoms with E-state index in [0.717, 1.165) is 18.4 Å². The Morgan fingerprint density at radius 3 is 2.85 bits per heavy atom. The molecular formula is C15H21NO4. The number of nitrogens with zero attached hydrogens (tertiary/aromatic N) is 1. The van der Waals surface area contributed by atoms with Crippen LogP contribution < -0.4 is 0 Å². The Hall–Kier alpha value is -1.36. The third-order valence-electron chi connectivity index (χ3n) is 4.21. The van der Waals surface area contributed by atoms with Gasteiger partial charge in [-0.1, -0.05) is 13.0 Å². The predicted octanol–water partition coefficient (Wildman–Crippen LogP) is 2.61. The average Bonchev–Trinajstić information content (AvgIpc) is 2.88. The van der Waals surface area contributed by atoms with Gasteiger partial charge >= 0.3 is 6.09 Å². The first kappa shape index (κ1) is 13.6. The van der Waals surface area contributed by atoms with E-state index in [1.807, 2.05) is 6.92 Å². The summed E-state index contributed by atoms with van der Waals surface area (Å²) in [6.07, 6.45) is 3.47. The molecule has 3 aliphatic rings. The van der Waals surface area contributed by atoms with Gasteiger partial charge in [-0.05, 0) is 39.2 Å². The summed E-state index contributed by atoms with van der Waals surface area (Å²) in [5.74, 6) is -0.114. The third kappa shape index (κ3) is 1.72. The molecule has 3 heterocycles. The van der Waals surface area contributed by atoms with Crippen molar-refractivity contribution >= 4 is 12.0 Å². The fourth-order valence-corrected chi connectivity index (χ4v) is 3.60. The molecule has 3 atom stereocenters. The van der Waals surface area contributed by atoms with Gasteiger partial charge in [0.05, 0.1) is 6.10 Å². The van der Waals surface area contributed by atoms with Crippen molar-refractivity contribution in [2.75, 3.05) is 0 Å². The number of hydrogen-bond donors (Lipinski definition) is 0. The molecule has 20 heavy (non-hydrogen) atoms. The van der Waals surface area contributed by atoms with Crippen molar-refractivity contribution in [3.8, 4) is 0 Å². The van der Waals surface area contributed by atoms with E-state index in [4.69, 9.17) is 9.47 Å². The lowest BCUT2D eigenvalue weighted by molar-refractivity contribution is -0.142. The summed E-state index contributed by atoms with van der Waals surface area (Å²) in [4.78, 5) is 25.9. The van der Waals surface area contributed by atoms with Gasteiger partial charge in [0, 0.05) is 12.3 Å². The lowest BCUT2D eigenvalue weighted by atomic mass is 9.83. The van der Waals surface area contributed by atoms with Gasteiger partial charge < -0.3 is 9.47 Å². The second-order valence-electron chi connectivity index (χ2n) is 6.74. The average molecular weight is 279 g/mol. The fourth-order valence-electron chi connectivity index (χ4n) is 3.60. The number of imide groups is 1. The van der Waals surface area contributed by atoms with Crippen molar-refractivity contribution in [3.05, 3.63) is 11.6 Å². The maximum absolute atomic E-state index is 12.4. The molecule has 0 aromatic carbocycles. The molecule has 5 nitrogen and oxygen atoms in total. The SMILES string of the molecule is CCC1=C[C@@H]2C[C@H]3CC(=O)N(C(=O)OC(C)(C)C)[C@]13O2. The zero-order chi connectivity index (χ0) is 14.7. The maximum Gasteiger partial charge on any atom is 0.419 e. The Balaban J connectivity index is 1.96. The standard InChI is InChI=1S/C15H21NO4/c1-5-9-6-11-7-10-8-12(17)16(15(9,10)19-11)13(18)20-14(2,3)4/h6,10-11H,5,7-8H2,1-4H3/t10-,11+,15-/m0/s1. The molecule has 0 aliphatic carbocycles. The first-order valence-corrected chi connectivity index (χ1v) is 7.23. The van der Waals surface area contributed by atoms with Crippen LogP contribution in [-0.2, 0) is 14.3 Å². The molecule has 110 valence electrons. The largest absolute Gasteiger partial charge is 0.443 e. The molecule has 0 aromatic rings. The van der Waals surface area contributed by atoms with Gasteiger partial charge in [-0.25, -0.2) is 9.69 Å². The highest BCUT2D eigenvalue weighted by molar-refractivity contribution is 5.96. The number of fused-ring (bicyclic) bond motifs is 1. The zero-order valence-corrected chi connectivity index (χ0v) is 12.4. The Labute approximate surface area is 118 Å². The highest BCUT2D eigenvalue weighted by Gasteiger charge is 2.66. The van der Waals surface area contributed by atoms with Gasteiger partial charge in [0.2, 0.25) is 5.91 Å². The Morgan fingerprint density at radius 1 is 1.55 bits per heavy atom. The normalized spacial score (nSPS) is 35.3. The summed E-state index contributed by atoms with van der Waals surface area (Å²) in [6.45, 7) is 7.41. The van der Waals surface area contributed by atoms with Gasteiger partial charge in [-0.2, -0.15) is 0 Å². The molecule has 0 unspecified atom stereocenters. The van der Waals surface area contributed by atoms with E-state index in [9.17, 15) is 9.59 Å². The molecule has 2 fully saturated rings. The minimum Gasteiger partial charge on any atom is -0.443 e. The van der Waals surface area contributed by atoms with Gasteiger partial charge in [0.25, 0.3) is 0 Å².